The van der Waals surface area contributed by atoms with Gasteiger partial charge in [-0.3, -0.25) is 0 Å². The Bertz CT molecular complexity index is 354. The molecule has 2 atom stereocenters. The number of rotatable bonds is 5. The highest BCUT2D eigenvalue weighted by Crippen LogP contribution is 2.27. The molecule has 1 N–H and O–H groups in total. The maximum Gasteiger partial charge on any atom is 0.0342 e. The summed E-state index contributed by atoms with van der Waals surface area (Å²) < 4.78 is 0. The summed E-state index contributed by atoms with van der Waals surface area (Å²) in [6.07, 6.45) is 10.7. The summed E-state index contributed by atoms with van der Waals surface area (Å²) in [7, 11) is 0. The minimum Gasteiger partial charge on any atom is -0.382 e. The second kappa shape index (κ2) is 7.57. The van der Waals surface area contributed by atoms with Gasteiger partial charge in [0.2, 0.25) is 0 Å². The Kier molecular flexibility index (Phi) is 5.75. The minimum atomic E-state index is 0.688. The van der Waals surface area contributed by atoms with Crippen molar-refractivity contribution < 1.29 is 0 Å². The molecule has 1 saturated carbocycles. The third-order valence-electron chi connectivity index (χ3n) is 4.53. The van der Waals surface area contributed by atoms with Gasteiger partial charge in [-0.15, -0.1) is 0 Å². The Morgan fingerprint density at radius 3 is 2.47 bits per heavy atom. The molecule has 1 aromatic rings. The quantitative estimate of drug-likeness (QED) is 0.697. The van der Waals surface area contributed by atoms with Gasteiger partial charge in [0, 0.05) is 11.7 Å². The number of aryl methyl sites for hydroxylation is 1. The Balaban J connectivity index is 1.86. The summed E-state index contributed by atoms with van der Waals surface area (Å²) in [5, 5.41) is 3.73. The fourth-order valence-electron chi connectivity index (χ4n) is 3.22. The van der Waals surface area contributed by atoms with Crippen LogP contribution < -0.4 is 5.32 Å². The lowest BCUT2D eigenvalue weighted by molar-refractivity contribution is 0.444. The molecule has 1 nitrogen and oxygen atoms in total. The number of anilines is 1. The van der Waals surface area contributed by atoms with Gasteiger partial charge >= 0.3 is 0 Å². The van der Waals surface area contributed by atoms with E-state index < -0.39 is 0 Å². The first kappa shape index (κ1) is 14.4. The molecular weight excluding hydrogens is 230 g/mol. The van der Waals surface area contributed by atoms with E-state index in [0.717, 1.165) is 5.92 Å². The molecule has 1 aromatic carbocycles. The highest BCUT2D eigenvalue weighted by atomic mass is 14.9. The Morgan fingerprint density at radius 1 is 1.00 bits per heavy atom. The second-order valence-corrected chi connectivity index (χ2v) is 6.07. The van der Waals surface area contributed by atoms with E-state index in [0.29, 0.717) is 6.04 Å². The minimum absolute atomic E-state index is 0.688. The molecule has 0 spiro atoms. The highest BCUT2D eigenvalue weighted by Gasteiger charge is 2.17. The van der Waals surface area contributed by atoms with Crippen molar-refractivity contribution in [2.24, 2.45) is 5.92 Å². The van der Waals surface area contributed by atoms with Crippen LogP contribution in [0.3, 0.4) is 0 Å². The summed E-state index contributed by atoms with van der Waals surface area (Å²) >= 11 is 0. The SMILES string of the molecule is CCCc1ccc(NC2CCCC(CC)CC2)cc1. The molecule has 0 bridgehead atoms. The topological polar surface area (TPSA) is 12.0 Å². The number of hydrogen-bond acceptors (Lipinski definition) is 1. The van der Waals surface area contributed by atoms with E-state index >= 15 is 0 Å². The van der Waals surface area contributed by atoms with Gasteiger partial charge in [-0.1, -0.05) is 51.7 Å². The lowest BCUT2D eigenvalue weighted by atomic mass is 9.98. The van der Waals surface area contributed by atoms with E-state index in [1.54, 1.807) is 0 Å². The van der Waals surface area contributed by atoms with Gasteiger partial charge < -0.3 is 5.32 Å². The van der Waals surface area contributed by atoms with E-state index in [1.165, 1.54) is 62.6 Å². The van der Waals surface area contributed by atoms with E-state index in [9.17, 15) is 0 Å². The molecule has 0 aromatic heterocycles. The van der Waals surface area contributed by atoms with Crippen molar-refractivity contribution in [3.8, 4) is 0 Å². The molecule has 1 aliphatic rings. The number of hydrogen-bond donors (Lipinski definition) is 1. The van der Waals surface area contributed by atoms with Gasteiger partial charge in [0.25, 0.3) is 0 Å². The first-order valence-corrected chi connectivity index (χ1v) is 8.17. The van der Waals surface area contributed by atoms with E-state index in [2.05, 4.69) is 43.4 Å². The standard InChI is InChI=1S/C18H29N/c1-3-6-16-10-13-18(14-11-16)19-17-8-5-7-15(4-2)9-12-17/h10-11,13-15,17,19H,3-9,12H2,1-2H3. The van der Waals surface area contributed by atoms with Crippen molar-refractivity contribution >= 4 is 5.69 Å². The van der Waals surface area contributed by atoms with Crippen LogP contribution in [-0.2, 0) is 6.42 Å². The Morgan fingerprint density at radius 2 is 1.79 bits per heavy atom. The summed E-state index contributed by atoms with van der Waals surface area (Å²) in [4.78, 5) is 0. The predicted molar refractivity (Wildman–Crippen MR) is 84.7 cm³/mol. The van der Waals surface area contributed by atoms with Crippen molar-refractivity contribution in [1.82, 2.24) is 0 Å². The van der Waals surface area contributed by atoms with Crippen LogP contribution in [0.4, 0.5) is 5.69 Å². The zero-order valence-electron chi connectivity index (χ0n) is 12.6. The number of benzene rings is 1. The zero-order valence-corrected chi connectivity index (χ0v) is 12.6. The molecular formula is C18H29N. The highest BCUT2D eigenvalue weighted by molar-refractivity contribution is 5.45. The van der Waals surface area contributed by atoms with E-state index in [4.69, 9.17) is 0 Å². The lowest BCUT2D eigenvalue weighted by Crippen LogP contribution is -2.18. The average molecular weight is 259 g/mol. The Labute approximate surface area is 118 Å². The lowest BCUT2D eigenvalue weighted by Gasteiger charge is -2.18. The number of nitrogens with one attached hydrogen (secondary N) is 1. The van der Waals surface area contributed by atoms with Crippen LogP contribution in [0.1, 0.15) is 64.4 Å². The van der Waals surface area contributed by atoms with Gasteiger partial charge in [0.1, 0.15) is 0 Å². The molecule has 0 saturated heterocycles. The first-order valence-electron chi connectivity index (χ1n) is 8.17. The van der Waals surface area contributed by atoms with E-state index in [1.807, 2.05) is 0 Å². The smallest absolute Gasteiger partial charge is 0.0342 e. The zero-order chi connectivity index (χ0) is 13.5. The second-order valence-electron chi connectivity index (χ2n) is 6.07. The van der Waals surface area contributed by atoms with Crippen molar-refractivity contribution in [1.29, 1.82) is 0 Å². The molecule has 2 rings (SSSR count). The van der Waals surface area contributed by atoms with Gasteiger partial charge in [-0.05, 0) is 49.3 Å². The fourth-order valence-corrected chi connectivity index (χ4v) is 3.22. The van der Waals surface area contributed by atoms with Crippen LogP contribution >= 0.6 is 0 Å². The molecule has 1 fully saturated rings. The molecule has 0 heterocycles. The van der Waals surface area contributed by atoms with Gasteiger partial charge in [-0.2, -0.15) is 0 Å². The van der Waals surface area contributed by atoms with Crippen molar-refractivity contribution in [3.05, 3.63) is 29.8 Å². The van der Waals surface area contributed by atoms with Crippen LogP contribution in [0, 0.1) is 5.92 Å². The molecule has 1 aliphatic carbocycles. The summed E-state index contributed by atoms with van der Waals surface area (Å²) in [5.74, 6) is 0.971. The summed E-state index contributed by atoms with van der Waals surface area (Å²) in [6.45, 7) is 4.58. The molecule has 0 amide bonds. The van der Waals surface area contributed by atoms with Gasteiger partial charge in [-0.25, -0.2) is 0 Å². The van der Waals surface area contributed by atoms with Gasteiger partial charge in [0.15, 0.2) is 0 Å². The molecule has 19 heavy (non-hydrogen) atoms. The molecule has 106 valence electrons. The van der Waals surface area contributed by atoms with Crippen LogP contribution in [0.2, 0.25) is 0 Å². The third kappa shape index (κ3) is 4.56. The fraction of sp³-hybridized carbons (Fsp3) is 0.667. The van der Waals surface area contributed by atoms with Crippen LogP contribution in [0.5, 0.6) is 0 Å². The summed E-state index contributed by atoms with van der Waals surface area (Å²) in [6, 6.07) is 9.75. The first-order chi connectivity index (χ1) is 9.31. The maximum absolute atomic E-state index is 3.73. The maximum atomic E-state index is 3.73. The van der Waals surface area contributed by atoms with Crippen LogP contribution in [0.15, 0.2) is 24.3 Å². The molecule has 2 unspecified atom stereocenters. The van der Waals surface area contributed by atoms with Crippen molar-refractivity contribution in [2.75, 3.05) is 5.32 Å². The molecule has 0 aliphatic heterocycles. The molecule has 1 heteroatoms. The van der Waals surface area contributed by atoms with Crippen LogP contribution in [-0.4, -0.2) is 6.04 Å². The largest absolute Gasteiger partial charge is 0.382 e. The molecule has 0 radical (unpaired) electrons. The van der Waals surface area contributed by atoms with Crippen molar-refractivity contribution in [2.45, 2.75) is 71.3 Å². The Hall–Kier alpha value is -0.980. The average Bonchev–Trinajstić information content (AvgIpc) is 2.66. The summed E-state index contributed by atoms with van der Waals surface area (Å²) in [5.41, 5.74) is 2.76. The third-order valence-corrected chi connectivity index (χ3v) is 4.53. The van der Waals surface area contributed by atoms with E-state index in [-0.39, 0.29) is 0 Å². The van der Waals surface area contributed by atoms with Gasteiger partial charge in [0.05, 0.1) is 0 Å². The van der Waals surface area contributed by atoms with Crippen molar-refractivity contribution in [3.63, 3.8) is 0 Å². The predicted octanol–water partition coefficient (Wildman–Crippen LogP) is 5.41. The normalized spacial score (nSPS) is 23.9. The van der Waals surface area contributed by atoms with Crippen LogP contribution in [0.25, 0.3) is 0 Å². The monoisotopic (exact) mass is 259 g/mol.